The molecular formula is C17H25FN2O3. The van der Waals surface area contributed by atoms with Gasteiger partial charge in [-0.05, 0) is 49.3 Å². The molecule has 0 aliphatic rings. The van der Waals surface area contributed by atoms with Gasteiger partial charge in [0, 0.05) is 18.8 Å². The van der Waals surface area contributed by atoms with Gasteiger partial charge in [0.2, 0.25) is 0 Å². The predicted octanol–water partition coefficient (Wildman–Crippen LogP) is 2.23. The lowest BCUT2D eigenvalue weighted by molar-refractivity contribution is -0.136. The van der Waals surface area contributed by atoms with Crippen LogP contribution in [0, 0.1) is 24.6 Å². The van der Waals surface area contributed by atoms with Gasteiger partial charge in [-0.3, -0.25) is 9.59 Å². The summed E-state index contributed by atoms with van der Waals surface area (Å²) in [6, 6.07) is 4.24. The van der Waals surface area contributed by atoms with E-state index >= 15 is 0 Å². The Kier molecular flexibility index (Phi) is 7.68. The maximum Gasteiger partial charge on any atom is 0.313 e. The van der Waals surface area contributed by atoms with Gasteiger partial charge in [-0.1, -0.05) is 19.9 Å². The first kappa shape index (κ1) is 19.1. The van der Waals surface area contributed by atoms with Gasteiger partial charge in [0.05, 0.1) is 0 Å². The topological polar surface area (TPSA) is 78.4 Å². The highest BCUT2D eigenvalue weighted by Crippen LogP contribution is 2.15. The molecule has 0 aromatic heterocycles. The minimum absolute atomic E-state index is 0.0437. The molecule has 6 heteroatoms. The molecule has 23 heavy (non-hydrogen) atoms. The first-order valence-corrected chi connectivity index (χ1v) is 7.79. The zero-order valence-corrected chi connectivity index (χ0v) is 13.9. The predicted molar refractivity (Wildman–Crippen MR) is 87.4 cm³/mol. The van der Waals surface area contributed by atoms with E-state index in [-0.39, 0.29) is 18.2 Å². The molecule has 3 N–H and O–H groups in total. The van der Waals surface area contributed by atoms with Crippen LogP contribution in [0.1, 0.15) is 32.3 Å². The first-order valence-electron chi connectivity index (χ1n) is 7.79. The normalized spacial score (nSPS) is 12.1. The van der Waals surface area contributed by atoms with Gasteiger partial charge in [0.25, 0.3) is 0 Å². The molecule has 0 fully saturated rings. The van der Waals surface area contributed by atoms with Crippen LogP contribution >= 0.6 is 0 Å². The molecule has 0 aliphatic heterocycles. The Hall–Kier alpha value is -1.95. The number of aliphatic hydroxyl groups excluding tert-OH is 1. The van der Waals surface area contributed by atoms with E-state index in [1.807, 2.05) is 0 Å². The maximum absolute atomic E-state index is 13.4. The third kappa shape index (κ3) is 6.78. The lowest BCUT2D eigenvalue weighted by Crippen LogP contribution is -2.38. The summed E-state index contributed by atoms with van der Waals surface area (Å²) in [4.78, 5) is 23.6. The number of hydrogen-bond acceptors (Lipinski definition) is 3. The number of aliphatic hydroxyl groups is 1. The summed E-state index contributed by atoms with van der Waals surface area (Å²) in [6.07, 6.45) is 1.43. The highest BCUT2D eigenvalue weighted by atomic mass is 19.1. The van der Waals surface area contributed by atoms with Crippen molar-refractivity contribution in [2.24, 2.45) is 11.8 Å². The molecule has 0 saturated heterocycles. The SMILES string of the molecule is Cc1ccc(NC(=O)C(=O)NCC(CCO)CC(C)C)cc1F. The summed E-state index contributed by atoms with van der Waals surface area (Å²) < 4.78 is 13.4. The fourth-order valence-corrected chi connectivity index (χ4v) is 2.33. The summed E-state index contributed by atoms with van der Waals surface area (Å²) in [5, 5.41) is 14.0. The van der Waals surface area contributed by atoms with Crippen molar-refractivity contribution in [3.63, 3.8) is 0 Å². The second kappa shape index (κ2) is 9.25. The van der Waals surface area contributed by atoms with Crippen LogP contribution in [0.25, 0.3) is 0 Å². The second-order valence-corrected chi connectivity index (χ2v) is 6.14. The van der Waals surface area contributed by atoms with Crippen molar-refractivity contribution in [3.8, 4) is 0 Å². The number of hydrogen-bond donors (Lipinski definition) is 3. The monoisotopic (exact) mass is 324 g/mol. The number of amides is 2. The highest BCUT2D eigenvalue weighted by molar-refractivity contribution is 6.39. The smallest absolute Gasteiger partial charge is 0.313 e. The number of anilines is 1. The van der Waals surface area contributed by atoms with Crippen molar-refractivity contribution >= 4 is 17.5 Å². The molecule has 2 amide bonds. The third-order valence-corrected chi connectivity index (χ3v) is 3.53. The molecule has 1 atom stereocenters. The Morgan fingerprint density at radius 2 is 1.96 bits per heavy atom. The van der Waals surface area contributed by atoms with E-state index in [1.54, 1.807) is 6.92 Å². The zero-order valence-electron chi connectivity index (χ0n) is 13.9. The van der Waals surface area contributed by atoms with E-state index < -0.39 is 17.6 Å². The molecule has 1 unspecified atom stereocenters. The van der Waals surface area contributed by atoms with Crippen molar-refractivity contribution in [2.75, 3.05) is 18.5 Å². The summed E-state index contributed by atoms with van der Waals surface area (Å²) in [6.45, 7) is 6.11. The number of benzene rings is 1. The van der Waals surface area contributed by atoms with E-state index in [9.17, 15) is 14.0 Å². The fraction of sp³-hybridized carbons (Fsp3) is 0.529. The van der Waals surface area contributed by atoms with Gasteiger partial charge in [0.1, 0.15) is 5.82 Å². The number of rotatable bonds is 7. The quantitative estimate of drug-likeness (QED) is 0.673. The van der Waals surface area contributed by atoms with Crippen LogP contribution in [-0.4, -0.2) is 30.1 Å². The molecule has 1 rings (SSSR count). The Morgan fingerprint density at radius 3 is 2.52 bits per heavy atom. The van der Waals surface area contributed by atoms with Crippen LogP contribution in [0.3, 0.4) is 0 Å². The first-order chi connectivity index (χ1) is 10.8. The van der Waals surface area contributed by atoms with Crippen LogP contribution in [0.5, 0.6) is 0 Å². The van der Waals surface area contributed by atoms with Crippen molar-refractivity contribution < 1.29 is 19.1 Å². The number of carbonyl (C=O) groups is 2. The number of halogens is 1. The van der Waals surface area contributed by atoms with Crippen LogP contribution < -0.4 is 10.6 Å². The summed E-state index contributed by atoms with van der Waals surface area (Å²) >= 11 is 0. The van der Waals surface area contributed by atoms with Gasteiger partial charge >= 0.3 is 11.8 Å². The molecule has 128 valence electrons. The molecule has 1 aromatic rings. The van der Waals surface area contributed by atoms with Crippen LogP contribution in [-0.2, 0) is 9.59 Å². The molecular weight excluding hydrogens is 299 g/mol. The lowest BCUT2D eigenvalue weighted by Gasteiger charge is -2.18. The van der Waals surface area contributed by atoms with Crippen LogP contribution in [0.15, 0.2) is 18.2 Å². The van der Waals surface area contributed by atoms with Crippen molar-refractivity contribution in [3.05, 3.63) is 29.6 Å². The molecule has 0 spiro atoms. The Bertz CT molecular complexity index is 547. The number of aryl methyl sites for hydroxylation is 1. The zero-order chi connectivity index (χ0) is 17.4. The minimum Gasteiger partial charge on any atom is -0.396 e. The molecule has 0 heterocycles. The van der Waals surface area contributed by atoms with Crippen LogP contribution in [0.4, 0.5) is 10.1 Å². The van der Waals surface area contributed by atoms with Gasteiger partial charge in [-0.15, -0.1) is 0 Å². The van der Waals surface area contributed by atoms with Gasteiger partial charge in [-0.25, -0.2) is 4.39 Å². The largest absolute Gasteiger partial charge is 0.396 e. The Balaban J connectivity index is 2.52. The van der Waals surface area contributed by atoms with E-state index in [4.69, 9.17) is 5.11 Å². The molecule has 0 saturated carbocycles. The number of carbonyl (C=O) groups excluding carboxylic acids is 2. The van der Waals surface area contributed by atoms with E-state index in [0.29, 0.717) is 24.4 Å². The molecule has 5 nitrogen and oxygen atoms in total. The molecule has 0 bridgehead atoms. The van der Waals surface area contributed by atoms with Crippen LogP contribution in [0.2, 0.25) is 0 Å². The standard InChI is InChI=1S/C17H25FN2O3/c1-11(2)8-13(6-7-21)10-19-16(22)17(23)20-14-5-4-12(3)15(18)9-14/h4-5,9,11,13,21H,6-8,10H2,1-3H3,(H,19,22)(H,20,23). The molecule has 0 radical (unpaired) electrons. The number of nitrogens with one attached hydrogen (secondary N) is 2. The highest BCUT2D eigenvalue weighted by Gasteiger charge is 2.17. The maximum atomic E-state index is 13.4. The van der Waals surface area contributed by atoms with Crippen molar-refractivity contribution in [2.45, 2.75) is 33.6 Å². The van der Waals surface area contributed by atoms with Gasteiger partial charge < -0.3 is 15.7 Å². The minimum atomic E-state index is -0.833. The summed E-state index contributed by atoms with van der Waals surface area (Å²) in [5.74, 6) is -1.48. The van der Waals surface area contributed by atoms with E-state index in [0.717, 1.165) is 6.42 Å². The second-order valence-electron chi connectivity index (χ2n) is 6.14. The summed E-state index contributed by atoms with van der Waals surface area (Å²) in [5.41, 5.74) is 0.704. The van der Waals surface area contributed by atoms with Gasteiger partial charge in [-0.2, -0.15) is 0 Å². The van der Waals surface area contributed by atoms with Gasteiger partial charge in [0.15, 0.2) is 0 Å². The Labute approximate surface area is 136 Å². The van der Waals surface area contributed by atoms with Crippen molar-refractivity contribution in [1.29, 1.82) is 0 Å². The van der Waals surface area contributed by atoms with Crippen molar-refractivity contribution in [1.82, 2.24) is 5.32 Å². The lowest BCUT2D eigenvalue weighted by atomic mass is 9.94. The Morgan fingerprint density at radius 1 is 1.26 bits per heavy atom. The summed E-state index contributed by atoms with van der Waals surface area (Å²) in [7, 11) is 0. The molecule has 0 aliphatic carbocycles. The van der Waals surface area contributed by atoms with E-state index in [2.05, 4.69) is 24.5 Å². The average Bonchev–Trinajstić information content (AvgIpc) is 2.48. The van der Waals surface area contributed by atoms with E-state index in [1.165, 1.54) is 18.2 Å². The third-order valence-electron chi connectivity index (χ3n) is 3.53. The molecule has 1 aromatic carbocycles. The fourth-order valence-electron chi connectivity index (χ4n) is 2.33. The average molecular weight is 324 g/mol.